The second-order valence-corrected chi connectivity index (χ2v) is 7.39. The minimum Gasteiger partial charge on any atom is -0.444 e. The average molecular weight is 360 g/mol. The van der Waals surface area contributed by atoms with E-state index in [1.807, 2.05) is 35.2 Å². The molecular formula is C23H24N2O2. The number of carbonyl (C=O) groups excluding carboxylic acids is 1. The van der Waals surface area contributed by atoms with Crippen molar-refractivity contribution in [2.45, 2.75) is 39.2 Å². The van der Waals surface area contributed by atoms with Crippen molar-refractivity contribution >= 4 is 5.91 Å². The van der Waals surface area contributed by atoms with Gasteiger partial charge < -0.3 is 9.32 Å². The molecule has 138 valence electrons. The summed E-state index contributed by atoms with van der Waals surface area (Å²) in [7, 11) is 0. The largest absolute Gasteiger partial charge is 0.444 e. The molecule has 27 heavy (non-hydrogen) atoms. The molecule has 2 heterocycles. The zero-order chi connectivity index (χ0) is 18.8. The van der Waals surface area contributed by atoms with Crippen LogP contribution in [-0.4, -0.2) is 22.3 Å². The van der Waals surface area contributed by atoms with Crippen LogP contribution >= 0.6 is 0 Å². The van der Waals surface area contributed by atoms with E-state index in [0.29, 0.717) is 24.0 Å². The van der Waals surface area contributed by atoms with E-state index in [1.54, 1.807) is 6.26 Å². The zero-order valence-electron chi connectivity index (χ0n) is 15.8. The molecule has 0 radical (unpaired) electrons. The maximum absolute atomic E-state index is 12.8. The van der Waals surface area contributed by atoms with Gasteiger partial charge in [-0.25, -0.2) is 4.98 Å². The number of aromatic nitrogens is 1. The summed E-state index contributed by atoms with van der Waals surface area (Å²) in [5.41, 5.74) is 5.70. The molecule has 0 fully saturated rings. The fourth-order valence-corrected chi connectivity index (χ4v) is 3.76. The Bertz CT molecular complexity index is 944. The third kappa shape index (κ3) is 3.65. The van der Waals surface area contributed by atoms with Gasteiger partial charge in [-0.15, -0.1) is 0 Å². The summed E-state index contributed by atoms with van der Waals surface area (Å²) in [6.45, 7) is 5.89. The highest BCUT2D eigenvalue weighted by Crippen LogP contribution is 2.28. The predicted molar refractivity (Wildman–Crippen MR) is 105 cm³/mol. The fraction of sp³-hybridized carbons (Fsp3) is 0.304. The molecule has 4 rings (SSSR count). The maximum Gasteiger partial charge on any atom is 0.229 e. The second kappa shape index (κ2) is 7.39. The molecule has 3 aromatic rings. The van der Waals surface area contributed by atoms with Crippen LogP contribution in [0.1, 0.15) is 42.1 Å². The van der Waals surface area contributed by atoms with Gasteiger partial charge in [-0.3, -0.25) is 4.79 Å². The van der Waals surface area contributed by atoms with Gasteiger partial charge in [0.25, 0.3) is 0 Å². The van der Waals surface area contributed by atoms with Gasteiger partial charge >= 0.3 is 0 Å². The summed E-state index contributed by atoms with van der Waals surface area (Å²) < 4.78 is 5.56. The lowest BCUT2D eigenvalue weighted by Crippen LogP contribution is -2.37. The Morgan fingerprint density at radius 1 is 1.15 bits per heavy atom. The van der Waals surface area contributed by atoms with Gasteiger partial charge in [-0.05, 0) is 41.2 Å². The Kier molecular flexibility index (Phi) is 4.80. The molecule has 0 spiro atoms. The van der Waals surface area contributed by atoms with Crippen molar-refractivity contribution in [1.29, 1.82) is 0 Å². The molecule has 0 bridgehead atoms. The highest BCUT2D eigenvalue weighted by molar-refractivity contribution is 5.78. The van der Waals surface area contributed by atoms with Gasteiger partial charge in [0.05, 0.1) is 12.1 Å². The average Bonchev–Trinajstić information content (AvgIpc) is 3.16. The van der Waals surface area contributed by atoms with Gasteiger partial charge in [0.15, 0.2) is 0 Å². The van der Waals surface area contributed by atoms with E-state index in [4.69, 9.17) is 4.42 Å². The highest BCUT2D eigenvalue weighted by Gasteiger charge is 2.24. The number of hydrogen-bond donors (Lipinski definition) is 0. The van der Waals surface area contributed by atoms with E-state index in [2.05, 4.69) is 37.0 Å². The smallest absolute Gasteiger partial charge is 0.229 e. The lowest BCUT2D eigenvalue weighted by atomic mass is 9.89. The molecule has 1 aliphatic heterocycles. The molecule has 4 nitrogen and oxygen atoms in total. The van der Waals surface area contributed by atoms with Crippen molar-refractivity contribution in [1.82, 2.24) is 9.88 Å². The highest BCUT2D eigenvalue weighted by atomic mass is 16.3. The van der Waals surface area contributed by atoms with Gasteiger partial charge in [-0.2, -0.15) is 0 Å². The first-order valence-corrected chi connectivity index (χ1v) is 9.50. The molecule has 1 aromatic heterocycles. The minimum atomic E-state index is 0.100. The summed E-state index contributed by atoms with van der Waals surface area (Å²) >= 11 is 0. The number of benzene rings is 2. The van der Waals surface area contributed by atoms with Crippen LogP contribution in [0, 0.1) is 0 Å². The topological polar surface area (TPSA) is 46.3 Å². The molecule has 1 aliphatic rings. The van der Waals surface area contributed by atoms with E-state index in [9.17, 15) is 4.79 Å². The van der Waals surface area contributed by atoms with Gasteiger partial charge in [0, 0.05) is 18.7 Å². The first-order valence-electron chi connectivity index (χ1n) is 9.50. The Morgan fingerprint density at radius 3 is 2.74 bits per heavy atom. The molecule has 1 amide bonds. The molecule has 0 N–H and O–H groups in total. The van der Waals surface area contributed by atoms with E-state index >= 15 is 0 Å². The normalized spacial score (nSPS) is 13.7. The minimum absolute atomic E-state index is 0.100. The molecule has 0 aliphatic carbocycles. The molecule has 0 saturated carbocycles. The van der Waals surface area contributed by atoms with Crippen molar-refractivity contribution in [3.63, 3.8) is 0 Å². The SMILES string of the molecule is CC(C)c1cccc2c1CCN(C(=O)Cc1coc(-c3ccccc3)n1)C2. The number of carbonyl (C=O) groups is 1. The number of hydrogen-bond acceptors (Lipinski definition) is 3. The van der Waals surface area contributed by atoms with E-state index in [1.165, 1.54) is 16.7 Å². The van der Waals surface area contributed by atoms with Crippen molar-refractivity contribution in [2.75, 3.05) is 6.54 Å². The number of rotatable bonds is 4. The number of nitrogens with zero attached hydrogens (tertiary/aromatic N) is 2. The first-order chi connectivity index (χ1) is 13.1. The van der Waals surface area contributed by atoms with Gasteiger partial charge in [-0.1, -0.05) is 50.2 Å². The van der Waals surface area contributed by atoms with E-state index in [0.717, 1.165) is 18.5 Å². The molecular weight excluding hydrogens is 336 g/mol. The summed E-state index contributed by atoms with van der Waals surface area (Å²) in [5.74, 6) is 1.17. The van der Waals surface area contributed by atoms with Crippen LogP contribution < -0.4 is 0 Å². The van der Waals surface area contributed by atoms with E-state index in [-0.39, 0.29) is 12.3 Å². The molecule has 4 heteroatoms. The van der Waals surface area contributed by atoms with Crippen molar-refractivity contribution in [3.8, 4) is 11.5 Å². The fourth-order valence-electron chi connectivity index (χ4n) is 3.76. The third-order valence-corrected chi connectivity index (χ3v) is 5.18. The number of amides is 1. The first kappa shape index (κ1) is 17.5. The Morgan fingerprint density at radius 2 is 1.96 bits per heavy atom. The Balaban J connectivity index is 1.46. The van der Waals surface area contributed by atoms with Crippen molar-refractivity contribution < 1.29 is 9.21 Å². The molecule has 0 saturated heterocycles. The number of fused-ring (bicyclic) bond motifs is 1. The van der Waals surface area contributed by atoms with Crippen LogP contribution in [0.3, 0.4) is 0 Å². The van der Waals surface area contributed by atoms with Crippen LogP contribution in [0.4, 0.5) is 0 Å². The third-order valence-electron chi connectivity index (χ3n) is 5.18. The van der Waals surface area contributed by atoms with Gasteiger partial charge in [0.1, 0.15) is 6.26 Å². The number of oxazole rings is 1. The van der Waals surface area contributed by atoms with Crippen molar-refractivity contribution in [2.24, 2.45) is 0 Å². The standard InChI is InChI=1S/C23H24N2O2/c1-16(2)20-10-6-9-18-14-25(12-11-21(18)20)22(26)13-19-15-27-23(24-19)17-7-4-3-5-8-17/h3-10,15-16H,11-14H2,1-2H3. The van der Waals surface area contributed by atoms with Crippen LogP contribution in [0.5, 0.6) is 0 Å². The molecule has 0 unspecified atom stereocenters. The lowest BCUT2D eigenvalue weighted by Gasteiger charge is -2.31. The summed E-state index contributed by atoms with van der Waals surface area (Å²) in [6, 6.07) is 16.2. The predicted octanol–water partition coefficient (Wildman–Crippen LogP) is 4.59. The maximum atomic E-state index is 12.8. The second-order valence-electron chi connectivity index (χ2n) is 7.39. The van der Waals surface area contributed by atoms with Crippen LogP contribution in [0.25, 0.3) is 11.5 Å². The van der Waals surface area contributed by atoms with Crippen molar-refractivity contribution in [3.05, 3.63) is 77.2 Å². The summed E-state index contributed by atoms with van der Waals surface area (Å²) in [5, 5.41) is 0. The van der Waals surface area contributed by atoms with E-state index < -0.39 is 0 Å². The Hall–Kier alpha value is -2.88. The molecule has 2 aromatic carbocycles. The molecule has 0 atom stereocenters. The monoisotopic (exact) mass is 360 g/mol. The zero-order valence-corrected chi connectivity index (χ0v) is 15.8. The van der Waals surface area contributed by atoms with Crippen LogP contribution in [-0.2, 0) is 24.2 Å². The Labute approximate surface area is 159 Å². The quantitative estimate of drug-likeness (QED) is 0.683. The van der Waals surface area contributed by atoms with Crippen LogP contribution in [0.2, 0.25) is 0 Å². The summed E-state index contributed by atoms with van der Waals surface area (Å²) in [4.78, 5) is 19.2. The van der Waals surface area contributed by atoms with Crippen LogP contribution in [0.15, 0.2) is 59.2 Å². The lowest BCUT2D eigenvalue weighted by molar-refractivity contribution is -0.131. The summed E-state index contributed by atoms with van der Waals surface area (Å²) in [6.07, 6.45) is 2.79. The van der Waals surface area contributed by atoms with Gasteiger partial charge in [0.2, 0.25) is 11.8 Å².